The third-order valence-electron chi connectivity index (χ3n) is 4.24. The molecule has 0 saturated heterocycles. The highest BCUT2D eigenvalue weighted by Crippen LogP contribution is 2.29. The van der Waals surface area contributed by atoms with Crippen molar-refractivity contribution in [2.24, 2.45) is 7.05 Å². The lowest BCUT2D eigenvalue weighted by Gasteiger charge is -2.07. The first kappa shape index (κ1) is 17.7. The van der Waals surface area contributed by atoms with Crippen molar-refractivity contribution in [1.29, 1.82) is 0 Å². The monoisotopic (exact) mass is 399 g/mol. The maximum absolute atomic E-state index is 12.4. The first-order valence-electron chi connectivity index (χ1n) is 8.20. The van der Waals surface area contributed by atoms with Gasteiger partial charge in [0.15, 0.2) is 5.16 Å². The minimum Gasteiger partial charge on any atom is -0.497 e. The number of thioether (sulfide) groups is 1. The maximum Gasteiger partial charge on any atom is 0.262 e. The fraction of sp³-hybridized carbons (Fsp3) is 0.222. The fourth-order valence-electron chi connectivity index (χ4n) is 2.68. The van der Waals surface area contributed by atoms with Gasteiger partial charge in [0.1, 0.15) is 22.7 Å². The highest BCUT2D eigenvalue weighted by atomic mass is 32.2. The summed E-state index contributed by atoms with van der Waals surface area (Å²) in [5, 5.41) is 9.70. The third kappa shape index (κ3) is 3.35. The molecule has 9 heteroatoms. The molecule has 0 radical (unpaired) electrons. The number of fused-ring (bicyclic) bond motifs is 1. The number of aromatic nitrogens is 5. The van der Waals surface area contributed by atoms with Gasteiger partial charge in [-0.25, -0.2) is 4.98 Å². The second-order valence-corrected chi connectivity index (χ2v) is 7.99. The van der Waals surface area contributed by atoms with E-state index in [2.05, 4.69) is 15.2 Å². The first-order chi connectivity index (χ1) is 13.1. The van der Waals surface area contributed by atoms with Gasteiger partial charge in [-0.1, -0.05) is 17.8 Å². The summed E-state index contributed by atoms with van der Waals surface area (Å²) in [5.74, 6) is 2.18. The largest absolute Gasteiger partial charge is 0.497 e. The van der Waals surface area contributed by atoms with Crippen LogP contribution in [0.1, 0.15) is 10.7 Å². The van der Waals surface area contributed by atoms with Crippen molar-refractivity contribution in [2.45, 2.75) is 17.8 Å². The van der Waals surface area contributed by atoms with Crippen molar-refractivity contribution in [3.8, 4) is 11.4 Å². The van der Waals surface area contributed by atoms with E-state index < -0.39 is 0 Å². The Hall–Kier alpha value is -2.65. The van der Waals surface area contributed by atoms with Crippen molar-refractivity contribution in [2.75, 3.05) is 7.11 Å². The zero-order valence-corrected chi connectivity index (χ0v) is 16.7. The quantitative estimate of drug-likeness (QED) is 0.480. The van der Waals surface area contributed by atoms with E-state index in [0.29, 0.717) is 17.0 Å². The van der Waals surface area contributed by atoms with Crippen LogP contribution < -0.4 is 10.3 Å². The van der Waals surface area contributed by atoms with Gasteiger partial charge in [0.05, 0.1) is 18.2 Å². The SMILES string of the molecule is COc1cccc(-n2cnnc2SCc2cc3c(=O)n(C)c(C)nc3s2)c1. The number of benzene rings is 1. The van der Waals surface area contributed by atoms with Gasteiger partial charge in [0, 0.05) is 23.7 Å². The van der Waals surface area contributed by atoms with Gasteiger partial charge in [-0.05, 0) is 25.1 Å². The molecule has 138 valence electrons. The Kier molecular flexibility index (Phi) is 4.71. The lowest BCUT2D eigenvalue weighted by Crippen LogP contribution is -2.19. The van der Waals surface area contributed by atoms with E-state index in [0.717, 1.165) is 26.3 Å². The van der Waals surface area contributed by atoms with Crippen LogP contribution >= 0.6 is 23.1 Å². The molecule has 0 atom stereocenters. The normalized spacial score (nSPS) is 11.2. The molecular formula is C18H17N5O2S2. The molecule has 27 heavy (non-hydrogen) atoms. The van der Waals surface area contributed by atoms with E-state index in [9.17, 15) is 4.79 Å². The van der Waals surface area contributed by atoms with Gasteiger partial charge in [-0.15, -0.1) is 21.5 Å². The molecule has 0 aliphatic carbocycles. The number of ether oxygens (including phenoxy) is 1. The molecule has 0 aliphatic rings. The fourth-order valence-corrected chi connectivity index (χ4v) is 4.71. The van der Waals surface area contributed by atoms with Gasteiger partial charge in [-0.3, -0.25) is 13.9 Å². The van der Waals surface area contributed by atoms with Crippen LogP contribution in [0.15, 0.2) is 46.6 Å². The summed E-state index contributed by atoms with van der Waals surface area (Å²) in [4.78, 5) is 18.7. The van der Waals surface area contributed by atoms with E-state index in [1.807, 2.05) is 41.8 Å². The Labute approximate surface area is 163 Å². The summed E-state index contributed by atoms with van der Waals surface area (Å²) < 4.78 is 8.78. The molecule has 0 amide bonds. The van der Waals surface area contributed by atoms with Gasteiger partial charge in [0.25, 0.3) is 5.56 Å². The summed E-state index contributed by atoms with van der Waals surface area (Å²) in [6.45, 7) is 1.84. The van der Waals surface area contributed by atoms with Crippen molar-refractivity contribution in [1.82, 2.24) is 24.3 Å². The van der Waals surface area contributed by atoms with Crippen molar-refractivity contribution >= 4 is 33.3 Å². The molecule has 7 nitrogen and oxygen atoms in total. The average Bonchev–Trinajstić information content (AvgIpc) is 3.31. The summed E-state index contributed by atoms with van der Waals surface area (Å²) >= 11 is 3.11. The highest BCUT2D eigenvalue weighted by molar-refractivity contribution is 7.98. The van der Waals surface area contributed by atoms with E-state index in [1.54, 1.807) is 48.2 Å². The molecule has 3 aromatic heterocycles. The second-order valence-electron chi connectivity index (χ2n) is 5.93. The third-order valence-corrected chi connectivity index (χ3v) is 6.44. The van der Waals surface area contributed by atoms with Crippen molar-refractivity contribution in [3.63, 3.8) is 0 Å². The number of hydrogen-bond donors (Lipinski definition) is 0. The standard InChI is InChI=1S/C18H17N5O2S2/c1-11-20-16-15(17(24)22(11)2)8-14(27-16)9-26-18-21-19-10-23(18)12-5-4-6-13(7-12)25-3/h4-8,10H,9H2,1-3H3. The predicted molar refractivity (Wildman–Crippen MR) is 107 cm³/mol. The number of aryl methyl sites for hydroxylation is 1. The van der Waals surface area contributed by atoms with Gasteiger partial charge in [0.2, 0.25) is 0 Å². The number of hydrogen-bond acceptors (Lipinski definition) is 7. The number of nitrogens with zero attached hydrogens (tertiary/aromatic N) is 5. The minimum atomic E-state index is -0.00968. The molecule has 3 heterocycles. The molecule has 0 fully saturated rings. The second kappa shape index (κ2) is 7.16. The van der Waals surface area contributed by atoms with Crippen LogP contribution in [-0.4, -0.2) is 31.4 Å². The smallest absolute Gasteiger partial charge is 0.262 e. The molecular weight excluding hydrogens is 382 g/mol. The zero-order chi connectivity index (χ0) is 19.0. The Morgan fingerprint density at radius 3 is 2.96 bits per heavy atom. The van der Waals surface area contributed by atoms with Crippen LogP contribution in [0, 0.1) is 6.92 Å². The Balaban J connectivity index is 1.60. The van der Waals surface area contributed by atoms with Crippen LogP contribution in [0.2, 0.25) is 0 Å². The number of rotatable bonds is 5. The van der Waals surface area contributed by atoms with Crippen LogP contribution in [0.5, 0.6) is 5.75 Å². The molecule has 0 saturated carbocycles. The Bertz CT molecular complexity index is 1180. The van der Waals surface area contributed by atoms with Crippen LogP contribution in [0.3, 0.4) is 0 Å². The van der Waals surface area contributed by atoms with Crippen molar-refractivity contribution < 1.29 is 4.74 Å². The summed E-state index contributed by atoms with van der Waals surface area (Å²) in [5.41, 5.74) is 0.925. The van der Waals surface area contributed by atoms with Crippen LogP contribution in [-0.2, 0) is 12.8 Å². The molecule has 0 spiro atoms. The average molecular weight is 400 g/mol. The zero-order valence-electron chi connectivity index (χ0n) is 15.0. The van der Waals surface area contributed by atoms with E-state index in [1.165, 1.54) is 0 Å². The van der Waals surface area contributed by atoms with Gasteiger partial charge in [-0.2, -0.15) is 0 Å². The van der Waals surface area contributed by atoms with Crippen LogP contribution in [0.25, 0.3) is 15.9 Å². The molecule has 1 aromatic carbocycles. The Morgan fingerprint density at radius 2 is 2.15 bits per heavy atom. The number of thiophene rings is 1. The minimum absolute atomic E-state index is 0.00968. The van der Waals surface area contributed by atoms with Crippen molar-refractivity contribution in [3.05, 3.63) is 57.7 Å². The van der Waals surface area contributed by atoms with E-state index in [-0.39, 0.29) is 5.56 Å². The van der Waals surface area contributed by atoms with Gasteiger partial charge >= 0.3 is 0 Å². The summed E-state index contributed by atoms with van der Waals surface area (Å²) in [7, 11) is 3.38. The topological polar surface area (TPSA) is 74.8 Å². The molecule has 0 unspecified atom stereocenters. The first-order valence-corrected chi connectivity index (χ1v) is 10.0. The molecule has 4 aromatic rings. The lowest BCUT2D eigenvalue weighted by molar-refractivity contribution is 0.414. The summed E-state index contributed by atoms with van der Waals surface area (Å²) in [6, 6.07) is 9.66. The molecule has 0 aliphatic heterocycles. The van der Waals surface area contributed by atoms with E-state index in [4.69, 9.17) is 4.74 Å². The Morgan fingerprint density at radius 1 is 1.30 bits per heavy atom. The lowest BCUT2D eigenvalue weighted by atomic mass is 10.3. The molecule has 4 rings (SSSR count). The maximum atomic E-state index is 12.4. The molecule has 0 N–H and O–H groups in total. The summed E-state index contributed by atoms with van der Waals surface area (Å²) in [6.07, 6.45) is 1.68. The highest BCUT2D eigenvalue weighted by Gasteiger charge is 2.13. The van der Waals surface area contributed by atoms with E-state index >= 15 is 0 Å². The van der Waals surface area contributed by atoms with Crippen LogP contribution in [0.4, 0.5) is 0 Å². The predicted octanol–water partition coefficient (Wildman–Crippen LogP) is 3.19. The number of methoxy groups -OCH3 is 1. The molecule has 0 bridgehead atoms. The van der Waals surface area contributed by atoms with Gasteiger partial charge < -0.3 is 4.74 Å².